The van der Waals surface area contributed by atoms with Crippen molar-refractivity contribution in [3.8, 4) is 0 Å². The second kappa shape index (κ2) is 6.90. The molecule has 2 aliphatic heterocycles. The summed E-state index contributed by atoms with van der Waals surface area (Å²) in [5.41, 5.74) is 2.33. The first-order valence-corrected chi connectivity index (χ1v) is 8.06. The van der Waals surface area contributed by atoms with E-state index in [2.05, 4.69) is 10.6 Å². The second-order valence-electron chi connectivity index (χ2n) is 5.76. The van der Waals surface area contributed by atoms with E-state index in [1.807, 2.05) is 11.0 Å². The molecule has 2 amide bonds. The minimum atomic E-state index is -0.467. The van der Waals surface area contributed by atoms with Gasteiger partial charge in [0.05, 0.1) is 36.7 Å². The van der Waals surface area contributed by atoms with Gasteiger partial charge >= 0.3 is 12.0 Å². The maximum Gasteiger partial charge on any atom is 0.337 e. The molecule has 0 saturated carbocycles. The molecule has 0 aromatic heterocycles. The average molecular weight is 333 g/mol. The van der Waals surface area contributed by atoms with E-state index in [4.69, 9.17) is 4.74 Å². The molecule has 0 radical (unpaired) electrons. The third-order valence-corrected chi connectivity index (χ3v) is 4.19. The summed E-state index contributed by atoms with van der Waals surface area (Å²) < 4.78 is 19.3. The van der Waals surface area contributed by atoms with Crippen LogP contribution in [0.25, 0.3) is 0 Å². The molecule has 1 aromatic carbocycles. The van der Waals surface area contributed by atoms with E-state index in [-0.39, 0.29) is 31.5 Å². The van der Waals surface area contributed by atoms with Crippen molar-refractivity contribution in [2.24, 2.45) is 0 Å². The highest BCUT2D eigenvalue weighted by atomic mass is 19.1. The number of esters is 1. The number of carbonyl (C=O) groups excluding carboxylic acids is 2. The van der Waals surface area contributed by atoms with E-state index in [9.17, 15) is 14.0 Å². The minimum Gasteiger partial charge on any atom is -0.463 e. The lowest BCUT2D eigenvalue weighted by Crippen LogP contribution is -2.47. The summed E-state index contributed by atoms with van der Waals surface area (Å²) in [5.74, 6) is -0.753. The van der Waals surface area contributed by atoms with Gasteiger partial charge in [-0.15, -0.1) is 0 Å². The Morgan fingerprint density at radius 1 is 1.42 bits per heavy atom. The van der Waals surface area contributed by atoms with E-state index >= 15 is 0 Å². The number of para-hydroxylation sites is 1. The summed E-state index contributed by atoms with van der Waals surface area (Å²) in [5, 5.41) is 5.24. The molecule has 0 spiro atoms. The molecular formula is C17H20FN3O3. The van der Waals surface area contributed by atoms with Crippen molar-refractivity contribution in [1.82, 2.24) is 10.6 Å². The van der Waals surface area contributed by atoms with Crippen molar-refractivity contribution in [2.45, 2.75) is 19.8 Å². The third kappa shape index (κ3) is 3.20. The zero-order valence-corrected chi connectivity index (χ0v) is 13.5. The molecule has 7 heteroatoms. The number of hydrogen-bond acceptors (Lipinski definition) is 4. The number of ether oxygens (including phenoxy) is 1. The van der Waals surface area contributed by atoms with Gasteiger partial charge in [0, 0.05) is 6.54 Å². The molecule has 0 bridgehead atoms. The maximum absolute atomic E-state index is 14.3. The van der Waals surface area contributed by atoms with Gasteiger partial charge in [0.2, 0.25) is 0 Å². The van der Waals surface area contributed by atoms with Crippen LogP contribution in [0.2, 0.25) is 0 Å². The molecule has 2 aliphatic rings. The SMILES string of the molecule is CCOC(=O)C1=C(CN2CCCc3cccc(F)c32)NC(=O)NC1. The highest BCUT2D eigenvalue weighted by Crippen LogP contribution is 2.30. The van der Waals surface area contributed by atoms with Crippen LogP contribution in [-0.2, 0) is 16.0 Å². The van der Waals surface area contributed by atoms with E-state index in [0.29, 0.717) is 23.5 Å². The number of anilines is 1. The maximum atomic E-state index is 14.3. The Bertz CT molecular complexity index is 702. The van der Waals surface area contributed by atoms with E-state index in [1.165, 1.54) is 6.07 Å². The van der Waals surface area contributed by atoms with Crippen LogP contribution in [0, 0.1) is 5.82 Å². The molecule has 2 N–H and O–H groups in total. The average Bonchev–Trinajstić information content (AvgIpc) is 2.55. The van der Waals surface area contributed by atoms with Crippen LogP contribution >= 0.6 is 0 Å². The Labute approximate surface area is 139 Å². The van der Waals surface area contributed by atoms with Gasteiger partial charge < -0.3 is 20.3 Å². The van der Waals surface area contributed by atoms with Gasteiger partial charge in [-0.1, -0.05) is 12.1 Å². The first-order chi connectivity index (χ1) is 11.6. The molecule has 3 rings (SSSR count). The summed E-state index contributed by atoms with van der Waals surface area (Å²) in [6.07, 6.45) is 1.71. The van der Waals surface area contributed by atoms with Gasteiger partial charge in [-0.2, -0.15) is 0 Å². The quantitative estimate of drug-likeness (QED) is 0.823. The zero-order valence-electron chi connectivity index (χ0n) is 13.5. The molecule has 0 fully saturated rings. The fourth-order valence-electron chi connectivity index (χ4n) is 3.12. The first-order valence-electron chi connectivity index (χ1n) is 8.06. The number of nitrogens with zero attached hydrogens (tertiary/aromatic N) is 1. The minimum absolute atomic E-state index is 0.109. The van der Waals surface area contributed by atoms with Crippen LogP contribution < -0.4 is 15.5 Å². The third-order valence-electron chi connectivity index (χ3n) is 4.19. The fraction of sp³-hybridized carbons (Fsp3) is 0.412. The number of rotatable bonds is 4. The second-order valence-corrected chi connectivity index (χ2v) is 5.76. The number of carbonyl (C=O) groups is 2. The Kier molecular flexibility index (Phi) is 4.69. The molecule has 0 aliphatic carbocycles. The van der Waals surface area contributed by atoms with E-state index < -0.39 is 5.97 Å². The van der Waals surface area contributed by atoms with Crippen molar-refractivity contribution in [2.75, 3.05) is 31.1 Å². The summed E-state index contributed by atoms with van der Waals surface area (Å²) in [6, 6.07) is 4.67. The van der Waals surface area contributed by atoms with Crippen LogP contribution in [0.4, 0.5) is 14.9 Å². The van der Waals surface area contributed by atoms with Crippen molar-refractivity contribution >= 4 is 17.7 Å². The van der Waals surface area contributed by atoms with Crippen LogP contribution in [0.5, 0.6) is 0 Å². The molecule has 2 heterocycles. The van der Waals surface area contributed by atoms with E-state index in [1.54, 1.807) is 13.0 Å². The number of urea groups is 1. The predicted molar refractivity (Wildman–Crippen MR) is 87.1 cm³/mol. The first kappa shape index (κ1) is 16.3. The molecule has 24 heavy (non-hydrogen) atoms. The lowest BCUT2D eigenvalue weighted by molar-refractivity contribution is -0.138. The van der Waals surface area contributed by atoms with Crippen molar-refractivity contribution in [3.63, 3.8) is 0 Å². The van der Waals surface area contributed by atoms with Crippen molar-refractivity contribution in [1.29, 1.82) is 0 Å². The molecule has 0 atom stereocenters. The Morgan fingerprint density at radius 2 is 2.25 bits per heavy atom. The number of benzene rings is 1. The molecule has 1 aromatic rings. The van der Waals surface area contributed by atoms with Crippen LogP contribution in [-0.4, -0.2) is 38.2 Å². The summed E-state index contributed by atoms with van der Waals surface area (Å²) in [6.45, 7) is 3.01. The van der Waals surface area contributed by atoms with Crippen LogP contribution in [0.15, 0.2) is 29.5 Å². The summed E-state index contributed by atoms with van der Waals surface area (Å²) in [4.78, 5) is 25.6. The lowest BCUT2D eigenvalue weighted by Gasteiger charge is -2.33. The number of halogens is 1. The highest BCUT2D eigenvalue weighted by Gasteiger charge is 2.27. The smallest absolute Gasteiger partial charge is 0.337 e. The van der Waals surface area contributed by atoms with Gasteiger partial charge in [-0.25, -0.2) is 14.0 Å². The number of aryl methyl sites for hydroxylation is 1. The zero-order chi connectivity index (χ0) is 17.1. The summed E-state index contributed by atoms with van der Waals surface area (Å²) in [7, 11) is 0. The molecular weight excluding hydrogens is 313 g/mol. The highest BCUT2D eigenvalue weighted by molar-refractivity contribution is 5.93. The van der Waals surface area contributed by atoms with Gasteiger partial charge in [-0.3, -0.25) is 0 Å². The number of nitrogens with one attached hydrogen (secondary N) is 2. The standard InChI is InChI=1S/C17H20FN3O3/c1-2-24-16(22)12-9-19-17(23)20-14(12)10-21-8-4-6-11-5-3-7-13(18)15(11)21/h3,5,7H,2,4,6,8-10H2,1H3,(H2,19,20,23). The van der Waals surface area contributed by atoms with Gasteiger partial charge in [0.1, 0.15) is 5.82 Å². The van der Waals surface area contributed by atoms with Crippen molar-refractivity contribution in [3.05, 3.63) is 40.8 Å². The Balaban J connectivity index is 1.91. The number of fused-ring (bicyclic) bond motifs is 1. The molecule has 128 valence electrons. The van der Waals surface area contributed by atoms with Gasteiger partial charge in [0.15, 0.2) is 0 Å². The number of hydrogen-bond donors (Lipinski definition) is 2. The molecule has 0 saturated heterocycles. The van der Waals surface area contributed by atoms with Gasteiger partial charge in [0.25, 0.3) is 0 Å². The molecule has 6 nitrogen and oxygen atoms in total. The Morgan fingerprint density at radius 3 is 3.04 bits per heavy atom. The van der Waals surface area contributed by atoms with Crippen LogP contribution in [0.3, 0.4) is 0 Å². The normalized spacial score (nSPS) is 17.1. The number of amides is 2. The van der Waals surface area contributed by atoms with Gasteiger partial charge in [-0.05, 0) is 31.4 Å². The Hall–Kier alpha value is -2.57. The van der Waals surface area contributed by atoms with Crippen molar-refractivity contribution < 1.29 is 18.7 Å². The lowest BCUT2D eigenvalue weighted by atomic mass is 10.0. The van der Waals surface area contributed by atoms with E-state index in [0.717, 1.165) is 18.4 Å². The fourth-order valence-corrected chi connectivity index (χ4v) is 3.12. The monoisotopic (exact) mass is 333 g/mol. The van der Waals surface area contributed by atoms with Crippen LogP contribution in [0.1, 0.15) is 18.9 Å². The topological polar surface area (TPSA) is 70.7 Å². The largest absolute Gasteiger partial charge is 0.463 e. The summed E-state index contributed by atoms with van der Waals surface area (Å²) >= 11 is 0. The predicted octanol–water partition coefficient (Wildman–Crippen LogP) is 1.71. The molecule has 0 unspecified atom stereocenters.